The molecule has 1 saturated carbocycles. The van der Waals surface area contributed by atoms with Crippen molar-refractivity contribution >= 4 is 11.6 Å². The Labute approximate surface area is 126 Å². The minimum atomic E-state index is 0.377. The molecule has 2 aliphatic rings. The molecular formula is C16H25N5. The van der Waals surface area contributed by atoms with E-state index in [0.717, 1.165) is 31.7 Å². The highest BCUT2D eigenvalue weighted by atomic mass is 15.4. The fourth-order valence-corrected chi connectivity index (χ4v) is 3.75. The Balaban J connectivity index is 1.91. The first-order chi connectivity index (χ1) is 10.2. The molecule has 1 aliphatic heterocycles. The SMILES string of the molecule is CC1CCCN(c2nn(C3CCCCC3)c(N)c2C#N)C1. The fraction of sp³-hybridized carbons (Fsp3) is 0.750. The van der Waals surface area contributed by atoms with Crippen LogP contribution in [0.15, 0.2) is 0 Å². The maximum atomic E-state index is 9.50. The van der Waals surface area contributed by atoms with E-state index >= 15 is 0 Å². The summed E-state index contributed by atoms with van der Waals surface area (Å²) < 4.78 is 1.94. The second-order valence-corrected chi connectivity index (χ2v) is 6.63. The molecule has 1 unspecified atom stereocenters. The van der Waals surface area contributed by atoms with Crippen molar-refractivity contribution in [2.45, 2.75) is 57.9 Å². The van der Waals surface area contributed by atoms with Crippen molar-refractivity contribution in [2.24, 2.45) is 5.92 Å². The van der Waals surface area contributed by atoms with Gasteiger partial charge in [0.15, 0.2) is 5.82 Å². The maximum absolute atomic E-state index is 9.50. The number of hydrogen-bond donors (Lipinski definition) is 1. The van der Waals surface area contributed by atoms with Crippen LogP contribution in [0, 0.1) is 17.2 Å². The van der Waals surface area contributed by atoms with Crippen molar-refractivity contribution in [3.8, 4) is 6.07 Å². The summed E-state index contributed by atoms with van der Waals surface area (Å²) >= 11 is 0. The Hall–Kier alpha value is -1.70. The van der Waals surface area contributed by atoms with Gasteiger partial charge in [0.25, 0.3) is 0 Å². The van der Waals surface area contributed by atoms with Crippen molar-refractivity contribution in [1.29, 1.82) is 5.26 Å². The van der Waals surface area contributed by atoms with Crippen LogP contribution in [-0.4, -0.2) is 22.9 Å². The molecule has 1 aromatic heterocycles. The van der Waals surface area contributed by atoms with Crippen LogP contribution in [0.5, 0.6) is 0 Å². The number of hydrogen-bond acceptors (Lipinski definition) is 4. The molecule has 114 valence electrons. The highest BCUT2D eigenvalue weighted by molar-refractivity contribution is 5.65. The zero-order valence-corrected chi connectivity index (χ0v) is 12.9. The standard InChI is InChI=1S/C16H25N5/c1-12-6-5-9-20(11-12)16-14(10-17)15(18)21(19-16)13-7-3-2-4-8-13/h12-13H,2-9,11,18H2,1H3. The molecule has 0 radical (unpaired) electrons. The highest BCUT2D eigenvalue weighted by Crippen LogP contribution is 2.35. The lowest BCUT2D eigenvalue weighted by molar-refractivity contribution is 0.332. The first kappa shape index (κ1) is 14.2. The number of nitrogens with zero attached hydrogens (tertiary/aromatic N) is 4. The first-order valence-corrected chi connectivity index (χ1v) is 8.23. The van der Waals surface area contributed by atoms with Gasteiger partial charge in [-0.05, 0) is 31.6 Å². The minimum absolute atomic E-state index is 0.377. The molecule has 2 N–H and O–H groups in total. The summed E-state index contributed by atoms with van der Waals surface area (Å²) in [4.78, 5) is 2.25. The third-order valence-corrected chi connectivity index (χ3v) is 4.92. The first-order valence-electron chi connectivity index (χ1n) is 8.23. The van der Waals surface area contributed by atoms with Crippen LogP contribution in [-0.2, 0) is 0 Å². The molecular weight excluding hydrogens is 262 g/mol. The number of rotatable bonds is 2. The van der Waals surface area contributed by atoms with E-state index in [1.54, 1.807) is 0 Å². The Morgan fingerprint density at radius 2 is 1.95 bits per heavy atom. The van der Waals surface area contributed by atoms with Crippen LogP contribution < -0.4 is 10.6 Å². The topological polar surface area (TPSA) is 70.9 Å². The summed E-state index contributed by atoms with van der Waals surface area (Å²) in [7, 11) is 0. The van der Waals surface area contributed by atoms with Gasteiger partial charge in [-0.3, -0.25) is 0 Å². The van der Waals surface area contributed by atoms with Crippen LogP contribution >= 0.6 is 0 Å². The molecule has 1 atom stereocenters. The van der Waals surface area contributed by atoms with E-state index in [4.69, 9.17) is 10.8 Å². The predicted octanol–water partition coefficient (Wildman–Crippen LogP) is 3.08. The zero-order valence-electron chi connectivity index (χ0n) is 12.9. The molecule has 0 spiro atoms. The van der Waals surface area contributed by atoms with Gasteiger partial charge in [-0.25, -0.2) is 4.68 Å². The molecule has 2 heterocycles. The van der Waals surface area contributed by atoms with E-state index in [2.05, 4.69) is 17.9 Å². The summed E-state index contributed by atoms with van der Waals surface area (Å²) in [5.41, 5.74) is 6.82. The van der Waals surface area contributed by atoms with Crippen LogP contribution in [0.25, 0.3) is 0 Å². The molecule has 3 rings (SSSR count). The van der Waals surface area contributed by atoms with Gasteiger partial charge >= 0.3 is 0 Å². The normalized spacial score (nSPS) is 24.0. The van der Waals surface area contributed by atoms with Crippen molar-refractivity contribution in [3.63, 3.8) is 0 Å². The Kier molecular flexibility index (Phi) is 4.05. The molecule has 21 heavy (non-hydrogen) atoms. The van der Waals surface area contributed by atoms with E-state index < -0.39 is 0 Å². The summed E-state index contributed by atoms with van der Waals surface area (Å²) in [6, 6.07) is 2.66. The number of piperidine rings is 1. The van der Waals surface area contributed by atoms with E-state index in [-0.39, 0.29) is 0 Å². The molecule has 2 fully saturated rings. The lowest BCUT2D eigenvalue weighted by Gasteiger charge is -2.31. The number of nitrogens with two attached hydrogens (primary N) is 1. The van der Waals surface area contributed by atoms with E-state index in [0.29, 0.717) is 23.3 Å². The highest BCUT2D eigenvalue weighted by Gasteiger charge is 2.27. The minimum Gasteiger partial charge on any atom is -0.383 e. The van der Waals surface area contributed by atoms with Gasteiger partial charge in [0.1, 0.15) is 17.5 Å². The molecule has 5 nitrogen and oxygen atoms in total. The largest absolute Gasteiger partial charge is 0.383 e. The molecule has 1 saturated heterocycles. The fourth-order valence-electron chi connectivity index (χ4n) is 3.75. The second kappa shape index (κ2) is 5.97. The monoisotopic (exact) mass is 287 g/mol. The van der Waals surface area contributed by atoms with Gasteiger partial charge in [-0.15, -0.1) is 0 Å². The quantitative estimate of drug-likeness (QED) is 0.907. The Bertz CT molecular complexity index is 536. The zero-order chi connectivity index (χ0) is 14.8. The number of nitrogen functional groups attached to an aromatic ring is 1. The lowest BCUT2D eigenvalue weighted by Crippen LogP contribution is -2.35. The van der Waals surface area contributed by atoms with Crippen LogP contribution in [0.3, 0.4) is 0 Å². The molecule has 0 amide bonds. The van der Waals surface area contributed by atoms with Crippen LogP contribution in [0.2, 0.25) is 0 Å². The van der Waals surface area contributed by atoms with Gasteiger partial charge < -0.3 is 10.6 Å². The van der Waals surface area contributed by atoms with Gasteiger partial charge in [0, 0.05) is 13.1 Å². The molecule has 1 aromatic rings. The number of nitriles is 1. The predicted molar refractivity (Wildman–Crippen MR) is 84.1 cm³/mol. The lowest BCUT2D eigenvalue weighted by atomic mass is 9.96. The van der Waals surface area contributed by atoms with Gasteiger partial charge in [0.2, 0.25) is 0 Å². The van der Waals surface area contributed by atoms with Crippen molar-refractivity contribution < 1.29 is 0 Å². The van der Waals surface area contributed by atoms with E-state index in [9.17, 15) is 5.26 Å². The maximum Gasteiger partial charge on any atom is 0.170 e. The summed E-state index contributed by atoms with van der Waals surface area (Å²) in [6.07, 6.45) is 8.47. The molecule has 0 aromatic carbocycles. The Morgan fingerprint density at radius 1 is 1.19 bits per heavy atom. The van der Waals surface area contributed by atoms with Gasteiger partial charge in [0.05, 0.1) is 6.04 Å². The summed E-state index contributed by atoms with van der Waals surface area (Å²) in [5, 5.41) is 14.3. The number of aromatic nitrogens is 2. The number of anilines is 2. The second-order valence-electron chi connectivity index (χ2n) is 6.63. The van der Waals surface area contributed by atoms with Crippen LogP contribution in [0.1, 0.15) is 63.5 Å². The smallest absolute Gasteiger partial charge is 0.170 e. The van der Waals surface area contributed by atoms with Gasteiger partial charge in [-0.2, -0.15) is 10.4 Å². The van der Waals surface area contributed by atoms with Crippen LogP contribution in [0.4, 0.5) is 11.6 Å². The average Bonchev–Trinajstić information content (AvgIpc) is 2.85. The Morgan fingerprint density at radius 3 is 2.62 bits per heavy atom. The third-order valence-electron chi connectivity index (χ3n) is 4.92. The summed E-state index contributed by atoms with van der Waals surface area (Å²) in [6.45, 7) is 4.23. The van der Waals surface area contributed by atoms with Crippen molar-refractivity contribution in [2.75, 3.05) is 23.7 Å². The van der Waals surface area contributed by atoms with E-state index in [1.165, 1.54) is 32.1 Å². The third kappa shape index (κ3) is 2.72. The van der Waals surface area contributed by atoms with Crippen molar-refractivity contribution in [1.82, 2.24) is 9.78 Å². The summed E-state index contributed by atoms with van der Waals surface area (Å²) in [5.74, 6) is 2.04. The van der Waals surface area contributed by atoms with Crippen molar-refractivity contribution in [3.05, 3.63) is 5.56 Å². The van der Waals surface area contributed by atoms with Gasteiger partial charge in [-0.1, -0.05) is 26.2 Å². The van der Waals surface area contributed by atoms with E-state index in [1.807, 2.05) is 4.68 Å². The molecule has 0 bridgehead atoms. The molecule has 1 aliphatic carbocycles. The molecule has 5 heteroatoms. The average molecular weight is 287 g/mol.